The van der Waals surface area contributed by atoms with Crippen LogP contribution in [0.4, 0.5) is 0 Å². The summed E-state index contributed by atoms with van der Waals surface area (Å²) in [4.78, 5) is 0. The largest absolute Gasteiger partial charge is 0.0625 e. The van der Waals surface area contributed by atoms with Crippen molar-refractivity contribution < 1.29 is 0 Å². The van der Waals surface area contributed by atoms with E-state index in [4.69, 9.17) is 0 Å². The van der Waals surface area contributed by atoms with Gasteiger partial charge in [0.05, 0.1) is 0 Å². The summed E-state index contributed by atoms with van der Waals surface area (Å²) in [6.45, 7) is 18.9. The minimum atomic E-state index is 0.464. The fourth-order valence-corrected chi connectivity index (χ4v) is 2.62. The van der Waals surface area contributed by atoms with Crippen molar-refractivity contribution in [1.82, 2.24) is 0 Å². The molecule has 0 heteroatoms. The lowest BCUT2D eigenvalue weighted by Gasteiger charge is -2.34. The van der Waals surface area contributed by atoms with Gasteiger partial charge in [-0.1, -0.05) is 61.8 Å². The summed E-state index contributed by atoms with van der Waals surface area (Å²) >= 11 is 0. The Labute approximate surface area is 97.8 Å². The Hall–Kier alpha value is 0. The van der Waals surface area contributed by atoms with Crippen LogP contribution in [0.3, 0.4) is 0 Å². The minimum absolute atomic E-state index is 0.464. The zero-order chi connectivity index (χ0) is 12.3. The fraction of sp³-hybridized carbons (Fsp3) is 1.00. The molecule has 0 saturated carbocycles. The van der Waals surface area contributed by atoms with Crippen LogP contribution in [0.1, 0.15) is 74.7 Å². The van der Waals surface area contributed by atoms with E-state index in [2.05, 4.69) is 55.4 Å². The summed E-state index contributed by atoms with van der Waals surface area (Å²) in [6, 6.07) is 0. The van der Waals surface area contributed by atoms with Crippen LogP contribution in [-0.2, 0) is 0 Å². The van der Waals surface area contributed by atoms with E-state index >= 15 is 0 Å². The summed E-state index contributed by atoms with van der Waals surface area (Å²) in [6.07, 6.45) is 4.12. The lowest BCUT2D eigenvalue weighted by Crippen LogP contribution is -2.25. The van der Waals surface area contributed by atoms with Crippen LogP contribution in [0.5, 0.6) is 0 Å². The Morgan fingerprint density at radius 2 is 1.33 bits per heavy atom. The Morgan fingerprint density at radius 3 is 1.60 bits per heavy atom. The van der Waals surface area contributed by atoms with Gasteiger partial charge in [-0.05, 0) is 35.5 Å². The molecule has 0 amide bonds. The van der Waals surface area contributed by atoms with Crippen LogP contribution in [0.15, 0.2) is 0 Å². The zero-order valence-electron chi connectivity index (χ0n) is 12.3. The molecule has 0 rings (SSSR count). The molecule has 0 saturated heterocycles. The van der Waals surface area contributed by atoms with Crippen LogP contribution in [0.2, 0.25) is 0 Å². The van der Waals surface area contributed by atoms with Crippen molar-refractivity contribution in [1.29, 1.82) is 0 Å². The lowest BCUT2D eigenvalue weighted by molar-refractivity contribution is 0.156. The Balaban J connectivity index is 4.11. The quantitative estimate of drug-likeness (QED) is 0.575. The van der Waals surface area contributed by atoms with Crippen molar-refractivity contribution in [3.05, 3.63) is 0 Å². The second-order valence-corrected chi connectivity index (χ2v) is 7.67. The van der Waals surface area contributed by atoms with Crippen LogP contribution in [0, 0.1) is 22.7 Å². The molecule has 0 spiro atoms. The van der Waals surface area contributed by atoms with Crippen molar-refractivity contribution in [3.8, 4) is 0 Å². The van der Waals surface area contributed by atoms with E-state index < -0.39 is 0 Å². The Morgan fingerprint density at radius 1 is 0.867 bits per heavy atom. The molecule has 0 nitrogen and oxygen atoms in total. The molecule has 0 heterocycles. The van der Waals surface area contributed by atoms with E-state index in [1.54, 1.807) is 0 Å². The Bertz CT molecular complexity index is 163. The van der Waals surface area contributed by atoms with Gasteiger partial charge in [-0.25, -0.2) is 0 Å². The summed E-state index contributed by atoms with van der Waals surface area (Å²) < 4.78 is 0. The second kappa shape index (κ2) is 5.37. The van der Waals surface area contributed by atoms with Gasteiger partial charge in [0.1, 0.15) is 0 Å². The molecule has 15 heavy (non-hydrogen) atoms. The van der Waals surface area contributed by atoms with Crippen molar-refractivity contribution in [2.75, 3.05) is 0 Å². The third-order valence-corrected chi connectivity index (χ3v) is 3.36. The molecule has 0 N–H and O–H groups in total. The third-order valence-electron chi connectivity index (χ3n) is 3.36. The van der Waals surface area contributed by atoms with Gasteiger partial charge < -0.3 is 0 Å². The highest BCUT2D eigenvalue weighted by atomic mass is 14.3. The van der Waals surface area contributed by atoms with E-state index in [1.165, 1.54) is 19.3 Å². The topological polar surface area (TPSA) is 0 Å². The van der Waals surface area contributed by atoms with Crippen LogP contribution >= 0.6 is 0 Å². The monoisotopic (exact) mass is 212 g/mol. The maximum Gasteiger partial charge on any atom is -0.0342 e. The van der Waals surface area contributed by atoms with Gasteiger partial charge in [0.15, 0.2) is 0 Å². The smallest absolute Gasteiger partial charge is 0.0342 e. The number of rotatable bonds is 4. The molecule has 0 aliphatic heterocycles. The van der Waals surface area contributed by atoms with Crippen molar-refractivity contribution in [2.24, 2.45) is 22.7 Å². The maximum atomic E-state index is 2.38. The summed E-state index contributed by atoms with van der Waals surface area (Å²) in [7, 11) is 0. The molecule has 0 aromatic heterocycles. The maximum absolute atomic E-state index is 2.38. The molecule has 0 bridgehead atoms. The van der Waals surface area contributed by atoms with E-state index in [0.29, 0.717) is 10.8 Å². The van der Waals surface area contributed by atoms with E-state index in [1.807, 2.05) is 0 Å². The first-order chi connectivity index (χ1) is 6.54. The Kier molecular flexibility index (Phi) is 5.37. The SMILES string of the molecule is CC(C)C(CCCC(C)(C)C)C(C)(C)C. The van der Waals surface area contributed by atoms with E-state index in [-0.39, 0.29) is 0 Å². The molecule has 0 fully saturated rings. The predicted octanol–water partition coefficient (Wildman–Crippen LogP) is 5.52. The molecule has 0 radical (unpaired) electrons. The van der Waals surface area contributed by atoms with Gasteiger partial charge in [0.2, 0.25) is 0 Å². The predicted molar refractivity (Wildman–Crippen MR) is 71.1 cm³/mol. The first kappa shape index (κ1) is 15.0. The fourth-order valence-electron chi connectivity index (χ4n) is 2.62. The third kappa shape index (κ3) is 6.98. The van der Waals surface area contributed by atoms with E-state index in [9.17, 15) is 0 Å². The van der Waals surface area contributed by atoms with Gasteiger partial charge in [-0.2, -0.15) is 0 Å². The normalized spacial score (nSPS) is 15.8. The van der Waals surface area contributed by atoms with Crippen molar-refractivity contribution >= 4 is 0 Å². The number of hydrogen-bond acceptors (Lipinski definition) is 0. The highest BCUT2D eigenvalue weighted by Crippen LogP contribution is 2.37. The van der Waals surface area contributed by atoms with Crippen molar-refractivity contribution in [2.45, 2.75) is 74.7 Å². The molecule has 92 valence electrons. The van der Waals surface area contributed by atoms with Gasteiger partial charge in [-0.3, -0.25) is 0 Å². The number of hydrogen-bond donors (Lipinski definition) is 0. The second-order valence-electron chi connectivity index (χ2n) is 7.67. The first-order valence-electron chi connectivity index (χ1n) is 6.54. The van der Waals surface area contributed by atoms with Crippen molar-refractivity contribution in [3.63, 3.8) is 0 Å². The summed E-state index contributed by atoms with van der Waals surface area (Å²) in [5.74, 6) is 1.67. The molecule has 0 aromatic carbocycles. The van der Waals surface area contributed by atoms with Gasteiger partial charge in [0, 0.05) is 0 Å². The molecule has 0 aromatic rings. The zero-order valence-corrected chi connectivity index (χ0v) is 12.3. The molecular formula is C15H32. The van der Waals surface area contributed by atoms with Crippen LogP contribution < -0.4 is 0 Å². The standard InChI is InChI=1S/C15H32/c1-12(2)13(15(6,7)8)10-9-11-14(3,4)5/h12-13H,9-11H2,1-8H3. The molecule has 1 atom stereocenters. The first-order valence-corrected chi connectivity index (χ1v) is 6.54. The summed E-state index contributed by atoms with van der Waals surface area (Å²) in [5, 5.41) is 0. The molecule has 0 aliphatic rings. The highest BCUT2D eigenvalue weighted by Gasteiger charge is 2.27. The van der Waals surface area contributed by atoms with E-state index in [0.717, 1.165) is 11.8 Å². The van der Waals surface area contributed by atoms with Gasteiger partial charge in [-0.15, -0.1) is 0 Å². The molecule has 0 aliphatic carbocycles. The van der Waals surface area contributed by atoms with Gasteiger partial charge >= 0.3 is 0 Å². The summed E-state index contributed by atoms with van der Waals surface area (Å²) in [5.41, 5.74) is 0.964. The molecular weight excluding hydrogens is 180 g/mol. The van der Waals surface area contributed by atoms with Crippen LogP contribution in [-0.4, -0.2) is 0 Å². The average Bonchev–Trinajstić information content (AvgIpc) is 1.92. The lowest BCUT2D eigenvalue weighted by atomic mass is 9.71. The molecule has 1 unspecified atom stereocenters. The average molecular weight is 212 g/mol. The van der Waals surface area contributed by atoms with Gasteiger partial charge in [0.25, 0.3) is 0 Å². The minimum Gasteiger partial charge on any atom is -0.0625 e. The van der Waals surface area contributed by atoms with Crippen LogP contribution in [0.25, 0.3) is 0 Å². The highest BCUT2D eigenvalue weighted by molar-refractivity contribution is 4.77.